The van der Waals surface area contributed by atoms with E-state index < -0.39 is 29.8 Å². The molecule has 0 saturated carbocycles. The van der Waals surface area contributed by atoms with Gasteiger partial charge in [-0.1, -0.05) is 25.1 Å². The van der Waals surface area contributed by atoms with E-state index in [4.69, 9.17) is 9.26 Å². The van der Waals surface area contributed by atoms with Crippen LogP contribution < -0.4 is 10.2 Å². The van der Waals surface area contributed by atoms with Gasteiger partial charge in [0, 0.05) is 18.0 Å². The second-order valence-electron chi connectivity index (χ2n) is 9.92. The maximum absolute atomic E-state index is 13.6. The first kappa shape index (κ1) is 30.5. The number of hydroxylamine groups is 1. The monoisotopic (exact) mass is 590 g/mol. The number of ether oxygens (including phenoxy) is 1. The van der Waals surface area contributed by atoms with Gasteiger partial charge in [-0.3, -0.25) is 4.79 Å². The van der Waals surface area contributed by atoms with Gasteiger partial charge in [-0.05, 0) is 86.6 Å². The molecule has 13 heteroatoms. The first-order valence-corrected chi connectivity index (χ1v) is 18.0. The molecule has 2 aromatic carbocycles. The standard InChI is InChI=1S/C25H33F3N2O5S2Si/c1-5-21(24(31)29-35-38(2,3)4)22-8-6-7-9-23(22)37(32,33)30-16-14-19(15-17-30)34-18-10-12-20(13-11-18)36-25(26,27)28/h6-13,19,21H,5,14-17H2,1-4H3,(H,29,31). The summed E-state index contributed by atoms with van der Waals surface area (Å²) >= 11 is -0.193. The smallest absolute Gasteiger partial charge is 0.446 e. The van der Waals surface area contributed by atoms with Gasteiger partial charge in [0.05, 0.1) is 10.8 Å². The molecule has 1 fully saturated rings. The number of carbonyl (C=O) groups excluding carboxylic acids is 1. The largest absolute Gasteiger partial charge is 0.490 e. The van der Waals surface area contributed by atoms with Crippen LogP contribution in [0.3, 0.4) is 0 Å². The average Bonchev–Trinajstić information content (AvgIpc) is 2.84. The molecule has 0 bridgehead atoms. The van der Waals surface area contributed by atoms with E-state index in [0.29, 0.717) is 30.6 Å². The molecular weight excluding hydrogens is 557 g/mol. The zero-order valence-corrected chi connectivity index (χ0v) is 24.4. The number of nitrogens with zero attached hydrogens (tertiary/aromatic N) is 1. The fraction of sp³-hybridized carbons (Fsp3) is 0.480. The third-order valence-electron chi connectivity index (χ3n) is 5.86. The van der Waals surface area contributed by atoms with Gasteiger partial charge >= 0.3 is 5.51 Å². The minimum atomic E-state index is -4.36. The number of amides is 1. The van der Waals surface area contributed by atoms with Crippen LogP contribution >= 0.6 is 11.8 Å². The highest BCUT2D eigenvalue weighted by Gasteiger charge is 2.34. The molecule has 0 aliphatic carbocycles. The number of nitrogens with one attached hydrogen (secondary N) is 1. The number of sulfonamides is 1. The summed E-state index contributed by atoms with van der Waals surface area (Å²) in [5, 5.41) is 0. The number of thioether (sulfide) groups is 1. The Morgan fingerprint density at radius 3 is 2.26 bits per heavy atom. The molecule has 1 unspecified atom stereocenters. The summed E-state index contributed by atoms with van der Waals surface area (Å²) in [4.78, 5) is 13.0. The van der Waals surface area contributed by atoms with Crippen molar-refractivity contribution < 1.29 is 35.6 Å². The van der Waals surface area contributed by atoms with E-state index >= 15 is 0 Å². The highest BCUT2D eigenvalue weighted by Crippen LogP contribution is 2.37. The number of halogens is 3. The van der Waals surface area contributed by atoms with Gasteiger partial charge < -0.3 is 9.26 Å². The molecule has 0 spiro atoms. The summed E-state index contributed by atoms with van der Waals surface area (Å²) in [5.74, 6) is -0.651. The van der Waals surface area contributed by atoms with Crippen LogP contribution in [0.2, 0.25) is 19.6 Å². The first-order valence-electron chi connectivity index (χ1n) is 12.3. The summed E-state index contributed by atoms with van der Waals surface area (Å²) in [6, 6.07) is 12.2. The predicted octanol–water partition coefficient (Wildman–Crippen LogP) is 5.91. The van der Waals surface area contributed by atoms with Crippen molar-refractivity contribution in [3.05, 3.63) is 54.1 Å². The highest BCUT2D eigenvalue weighted by atomic mass is 32.2. The van der Waals surface area contributed by atoms with Gasteiger partial charge in [0.1, 0.15) is 11.9 Å². The van der Waals surface area contributed by atoms with Gasteiger partial charge in [-0.25, -0.2) is 13.9 Å². The van der Waals surface area contributed by atoms with Crippen LogP contribution in [0.1, 0.15) is 37.7 Å². The second-order valence-corrected chi connectivity index (χ2v) is 17.4. The van der Waals surface area contributed by atoms with E-state index in [2.05, 4.69) is 5.48 Å². The van der Waals surface area contributed by atoms with Crippen molar-refractivity contribution in [3.8, 4) is 5.75 Å². The molecule has 1 atom stereocenters. The van der Waals surface area contributed by atoms with E-state index in [1.807, 2.05) is 26.6 Å². The van der Waals surface area contributed by atoms with Crippen LogP contribution in [-0.2, 0) is 19.3 Å². The normalized spacial score (nSPS) is 16.7. The average molecular weight is 591 g/mol. The van der Waals surface area contributed by atoms with Crippen molar-refractivity contribution in [2.45, 2.75) is 73.1 Å². The van der Waals surface area contributed by atoms with Crippen LogP contribution in [0, 0.1) is 0 Å². The van der Waals surface area contributed by atoms with Crippen molar-refractivity contribution in [2.75, 3.05) is 13.1 Å². The van der Waals surface area contributed by atoms with Gasteiger partial charge in [0.2, 0.25) is 24.2 Å². The molecule has 2 aromatic rings. The topological polar surface area (TPSA) is 84.9 Å². The molecule has 1 aliphatic rings. The van der Waals surface area contributed by atoms with Crippen molar-refractivity contribution in [2.24, 2.45) is 0 Å². The number of alkyl halides is 3. The summed E-state index contributed by atoms with van der Waals surface area (Å²) in [6.07, 6.45) is 0.958. The molecule has 1 N–H and O–H groups in total. The molecule has 1 heterocycles. The number of carbonyl (C=O) groups is 1. The molecule has 3 rings (SSSR count). The van der Waals surface area contributed by atoms with Crippen molar-refractivity contribution in [1.29, 1.82) is 0 Å². The van der Waals surface area contributed by atoms with Crippen LogP contribution in [0.15, 0.2) is 58.3 Å². The van der Waals surface area contributed by atoms with E-state index in [1.165, 1.54) is 34.6 Å². The minimum absolute atomic E-state index is 0.0653. The fourth-order valence-corrected chi connectivity index (χ4v) is 6.74. The van der Waals surface area contributed by atoms with Crippen LogP contribution in [-0.4, -0.2) is 51.6 Å². The molecule has 7 nitrogen and oxygen atoms in total. The third-order valence-corrected chi connectivity index (χ3v) is 9.28. The zero-order chi connectivity index (χ0) is 28.1. The quantitative estimate of drug-likeness (QED) is 0.211. The number of rotatable bonds is 10. The first-order chi connectivity index (χ1) is 17.7. The maximum Gasteiger partial charge on any atom is 0.446 e. The Morgan fingerprint density at radius 2 is 1.71 bits per heavy atom. The molecule has 38 heavy (non-hydrogen) atoms. The second kappa shape index (κ2) is 12.4. The number of piperidine rings is 1. The third kappa shape index (κ3) is 8.47. The Bertz CT molecular complexity index is 1200. The molecule has 1 amide bonds. The lowest BCUT2D eigenvalue weighted by molar-refractivity contribution is -0.129. The molecular formula is C25H33F3N2O5S2Si. The van der Waals surface area contributed by atoms with Crippen molar-refractivity contribution >= 4 is 36.0 Å². The molecule has 0 aromatic heterocycles. The number of hydrogen-bond acceptors (Lipinski definition) is 6. The van der Waals surface area contributed by atoms with Crippen LogP contribution in [0.4, 0.5) is 13.2 Å². The lowest BCUT2D eigenvalue weighted by atomic mass is 9.96. The van der Waals surface area contributed by atoms with E-state index in [1.54, 1.807) is 18.2 Å². The van der Waals surface area contributed by atoms with Crippen molar-refractivity contribution in [3.63, 3.8) is 0 Å². The minimum Gasteiger partial charge on any atom is -0.490 e. The molecule has 1 aliphatic heterocycles. The summed E-state index contributed by atoms with van der Waals surface area (Å²) in [7, 11) is -5.91. The SMILES string of the molecule is CCC(C(=O)NO[Si](C)(C)C)c1ccccc1S(=O)(=O)N1CCC(Oc2ccc(SC(F)(F)F)cc2)CC1. The van der Waals surface area contributed by atoms with Crippen LogP contribution in [0.5, 0.6) is 5.75 Å². The Hall–Kier alpha value is -2.06. The number of benzene rings is 2. The maximum atomic E-state index is 13.6. The predicted molar refractivity (Wildman–Crippen MR) is 143 cm³/mol. The van der Waals surface area contributed by atoms with Gasteiger partial charge in [0.15, 0.2) is 0 Å². The van der Waals surface area contributed by atoms with Crippen LogP contribution in [0.25, 0.3) is 0 Å². The Morgan fingerprint density at radius 1 is 1.11 bits per heavy atom. The Balaban J connectivity index is 1.67. The summed E-state index contributed by atoms with van der Waals surface area (Å²) in [5.41, 5.74) is -1.43. The Kier molecular flexibility index (Phi) is 9.96. The van der Waals surface area contributed by atoms with Gasteiger partial charge in [0.25, 0.3) is 0 Å². The lowest BCUT2D eigenvalue weighted by Gasteiger charge is -2.32. The van der Waals surface area contributed by atoms with E-state index in [-0.39, 0.29) is 46.7 Å². The van der Waals surface area contributed by atoms with Crippen molar-refractivity contribution in [1.82, 2.24) is 9.79 Å². The summed E-state index contributed by atoms with van der Waals surface area (Å²) < 4.78 is 77.7. The Labute approximate surface area is 227 Å². The number of hydrogen-bond donors (Lipinski definition) is 1. The molecule has 0 radical (unpaired) electrons. The summed E-state index contributed by atoms with van der Waals surface area (Å²) in [6.45, 7) is 8.04. The van der Waals surface area contributed by atoms with Gasteiger partial charge in [-0.15, -0.1) is 0 Å². The highest BCUT2D eigenvalue weighted by molar-refractivity contribution is 8.00. The fourth-order valence-electron chi connectivity index (χ4n) is 4.07. The molecule has 1 saturated heterocycles. The lowest BCUT2D eigenvalue weighted by Crippen LogP contribution is -2.42. The van der Waals surface area contributed by atoms with E-state index in [0.717, 1.165) is 0 Å². The molecule has 210 valence electrons. The van der Waals surface area contributed by atoms with Gasteiger partial charge in [-0.2, -0.15) is 17.5 Å². The van der Waals surface area contributed by atoms with E-state index in [9.17, 15) is 26.4 Å². The zero-order valence-electron chi connectivity index (χ0n) is 21.7.